The van der Waals surface area contributed by atoms with Crippen LogP contribution in [0.4, 0.5) is 16.3 Å². The summed E-state index contributed by atoms with van der Waals surface area (Å²) in [5.41, 5.74) is 3.25. The fourth-order valence-electron chi connectivity index (χ4n) is 3.49. The fourth-order valence-corrected chi connectivity index (χ4v) is 3.49. The summed E-state index contributed by atoms with van der Waals surface area (Å²) in [6.45, 7) is 8.10. The lowest BCUT2D eigenvalue weighted by molar-refractivity contribution is 0.0523. The summed E-state index contributed by atoms with van der Waals surface area (Å²) in [5.74, 6) is 1.91. The Morgan fingerprint density at radius 1 is 1.37 bits per heavy atom. The first-order chi connectivity index (χ1) is 12.7. The van der Waals surface area contributed by atoms with E-state index in [4.69, 9.17) is 9.26 Å². The van der Waals surface area contributed by atoms with Crippen molar-refractivity contribution in [1.82, 2.24) is 10.5 Å². The zero-order valence-electron chi connectivity index (χ0n) is 16.8. The maximum Gasteiger partial charge on any atom is 0.407 e. The number of nitrogens with zero attached hydrogens (tertiary/aromatic N) is 2. The summed E-state index contributed by atoms with van der Waals surface area (Å²) in [4.78, 5) is 14.0. The third-order valence-electron chi connectivity index (χ3n) is 4.80. The molecule has 0 unspecified atom stereocenters. The molecule has 1 amide bonds. The molecule has 1 aromatic carbocycles. The lowest BCUT2D eigenvalue weighted by Crippen LogP contribution is -2.35. The van der Waals surface area contributed by atoms with Gasteiger partial charge in [0.2, 0.25) is 0 Å². The second-order valence-corrected chi connectivity index (χ2v) is 8.21. The quantitative estimate of drug-likeness (QED) is 0.844. The third-order valence-corrected chi connectivity index (χ3v) is 4.80. The molecule has 6 nitrogen and oxygen atoms in total. The third kappa shape index (κ3) is 4.81. The number of hydrogen-bond acceptors (Lipinski definition) is 5. The van der Waals surface area contributed by atoms with Crippen LogP contribution in [0.2, 0.25) is 0 Å². The lowest BCUT2D eigenvalue weighted by Gasteiger charge is -2.28. The fraction of sp³-hybridized carbons (Fsp3) is 0.524. The van der Waals surface area contributed by atoms with Crippen LogP contribution in [-0.2, 0) is 11.2 Å². The van der Waals surface area contributed by atoms with E-state index in [0.717, 1.165) is 36.5 Å². The maximum atomic E-state index is 12.0. The first-order valence-electron chi connectivity index (χ1n) is 9.49. The second-order valence-electron chi connectivity index (χ2n) is 8.21. The van der Waals surface area contributed by atoms with E-state index in [2.05, 4.69) is 28.7 Å². The Morgan fingerprint density at radius 2 is 2.15 bits per heavy atom. The van der Waals surface area contributed by atoms with Gasteiger partial charge in [0.15, 0.2) is 5.82 Å². The van der Waals surface area contributed by atoms with Gasteiger partial charge >= 0.3 is 6.09 Å². The molecule has 1 aliphatic rings. The van der Waals surface area contributed by atoms with Crippen LogP contribution < -0.4 is 10.2 Å². The van der Waals surface area contributed by atoms with Gasteiger partial charge in [-0.3, -0.25) is 0 Å². The normalized spacial score (nSPS) is 16.6. The van der Waals surface area contributed by atoms with Gasteiger partial charge < -0.3 is 19.5 Å². The molecule has 1 aromatic heterocycles. The van der Waals surface area contributed by atoms with E-state index >= 15 is 0 Å². The van der Waals surface area contributed by atoms with Crippen molar-refractivity contribution in [2.75, 3.05) is 18.5 Å². The van der Waals surface area contributed by atoms with Crippen LogP contribution in [0, 0.1) is 6.92 Å². The highest BCUT2D eigenvalue weighted by Gasteiger charge is 2.23. The topological polar surface area (TPSA) is 67.6 Å². The van der Waals surface area contributed by atoms with Crippen molar-refractivity contribution < 1.29 is 14.1 Å². The first kappa shape index (κ1) is 19.3. The number of hydrogen-bond donors (Lipinski definition) is 1. The zero-order chi connectivity index (χ0) is 19.6. The van der Waals surface area contributed by atoms with Crippen LogP contribution in [0.5, 0.6) is 0 Å². The van der Waals surface area contributed by atoms with Gasteiger partial charge in [0.25, 0.3) is 0 Å². The van der Waals surface area contributed by atoms with Gasteiger partial charge in [0.1, 0.15) is 11.4 Å². The molecular weight excluding hydrogens is 342 g/mol. The van der Waals surface area contributed by atoms with E-state index in [9.17, 15) is 4.79 Å². The van der Waals surface area contributed by atoms with Crippen molar-refractivity contribution in [3.63, 3.8) is 0 Å². The molecule has 3 rings (SSSR count). The van der Waals surface area contributed by atoms with Crippen LogP contribution in [0.25, 0.3) is 0 Å². The van der Waals surface area contributed by atoms with E-state index in [0.29, 0.717) is 12.5 Å². The minimum absolute atomic E-state index is 0.315. The molecule has 0 bridgehead atoms. The SMILES string of the molecule is Cc1cc(N(C)c2ccc3c(c2)CCC[C@H]3CNC(=O)OC(C)(C)C)no1. The van der Waals surface area contributed by atoms with E-state index < -0.39 is 5.60 Å². The Kier molecular flexibility index (Phi) is 5.44. The van der Waals surface area contributed by atoms with Gasteiger partial charge in [-0.2, -0.15) is 0 Å². The average molecular weight is 371 g/mol. The Balaban J connectivity index is 1.70. The summed E-state index contributed by atoms with van der Waals surface area (Å²) in [6, 6.07) is 8.43. The molecule has 0 spiro atoms. The second kappa shape index (κ2) is 7.62. The number of ether oxygens (including phenoxy) is 1. The van der Waals surface area contributed by atoms with Crippen LogP contribution in [0.3, 0.4) is 0 Å². The number of anilines is 2. The molecule has 0 radical (unpaired) electrons. The highest BCUT2D eigenvalue weighted by Crippen LogP contribution is 2.35. The number of rotatable bonds is 4. The zero-order valence-corrected chi connectivity index (χ0v) is 16.8. The predicted molar refractivity (Wildman–Crippen MR) is 106 cm³/mol. The molecule has 1 atom stereocenters. The van der Waals surface area contributed by atoms with E-state index in [-0.39, 0.29) is 6.09 Å². The number of carbonyl (C=O) groups excluding carboxylic acids is 1. The van der Waals surface area contributed by atoms with Gasteiger partial charge in [-0.05, 0) is 70.2 Å². The van der Waals surface area contributed by atoms with Crippen molar-refractivity contribution >= 4 is 17.6 Å². The van der Waals surface area contributed by atoms with E-state index in [1.54, 1.807) is 0 Å². The van der Waals surface area contributed by atoms with Crippen molar-refractivity contribution in [3.05, 3.63) is 41.2 Å². The van der Waals surface area contributed by atoms with Crippen molar-refractivity contribution in [2.45, 2.75) is 58.5 Å². The van der Waals surface area contributed by atoms with Gasteiger partial charge in [-0.25, -0.2) is 4.79 Å². The summed E-state index contributed by atoms with van der Waals surface area (Å²) < 4.78 is 10.5. The largest absolute Gasteiger partial charge is 0.444 e. The minimum Gasteiger partial charge on any atom is -0.444 e. The van der Waals surface area contributed by atoms with E-state index in [1.807, 2.05) is 45.7 Å². The number of aromatic nitrogens is 1. The van der Waals surface area contributed by atoms with Crippen LogP contribution in [-0.4, -0.2) is 30.4 Å². The highest BCUT2D eigenvalue weighted by molar-refractivity contribution is 5.68. The smallest absolute Gasteiger partial charge is 0.407 e. The standard InChI is InChI=1S/C21H29N3O3/c1-14-11-19(23-27-14)24(5)17-9-10-18-15(12-17)7-6-8-16(18)13-22-20(25)26-21(2,3)4/h9-12,16H,6-8,13H2,1-5H3,(H,22,25)/t16-/m0/s1. The van der Waals surface area contributed by atoms with Crippen LogP contribution >= 0.6 is 0 Å². The van der Waals surface area contributed by atoms with Gasteiger partial charge in [-0.15, -0.1) is 0 Å². The molecule has 1 aliphatic carbocycles. The van der Waals surface area contributed by atoms with Gasteiger partial charge in [-0.1, -0.05) is 11.2 Å². The molecule has 2 aromatic rings. The maximum absolute atomic E-state index is 12.0. The molecule has 27 heavy (non-hydrogen) atoms. The molecule has 6 heteroatoms. The van der Waals surface area contributed by atoms with Gasteiger partial charge in [0, 0.05) is 31.3 Å². The number of carbonyl (C=O) groups is 1. The van der Waals surface area contributed by atoms with Crippen molar-refractivity contribution in [2.24, 2.45) is 0 Å². The summed E-state index contributed by atoms with van der Waals surface area (Å²) in [5, 5.41) is 7.01. The molecule has 0 saturated heterocycles. The molecular formula is C21H29N3O3. The van der Waals surface area contributed by atoms with E-state index in [1.165, 1.54) is 11.1 Å². The molecule has 0 saturated carbocycles. The van der Waals surface area contributed by atoms with Crippen LogP contribution in [0.15, 0.2) is 28.8 Å². The monoisotopic (exact) mass is 371 g/mol. The Hall–Kier alpha value is -2.50. The Bertz CT molecular complexity index is 807. The molecule has 146 valence electrons. The Labute approximate surface area is 160 Å². The number of nitrogens with one attached hydrogen (secondary N) is 1. The number of aryl methyl sites for hydroxylation is 2. The Morgan fingerprint density at radius 3 is 2.81 bits per heavy atom. The molecule has 1 heterocycles. The molecule has 1 N–H and O–H groups in total. The highest BCUT2D eigenvalue weighted by atomic mass is 16.6. The molecule has 0 aliphatic heterocycles. The van der Waals surface area contributed by atoms with Crippen molar-refractivity contribution in [3.8, 4) is 0 Å². The predicted octanol–water partition coefficient (Wildman–Crippen LogP) is 4.70. The minimum atomic E-state index is -0.479. The number of fused-ring (bicyclic) bond motifs is 1. The van der Waals surface area contributed by atoms with Crippen LogP contribution in [0.1, 0.15) is 56.4 Å². The molecule has 0 fully saturated rings. The number of amides is 1. The number of alkyl carbamates (subject to hydrolysis) is 1. The van der Waals surface area contributed by atoms with Gasteiger partial charge in [0.05, 0.1) is 0 Å². The lowest BCUT2D eigenvalue weighted by atomic mass is 9.82. The summed E-state index contributed by atoms with van der Waals surface area (Å²) in [6.07, 6.45) is 2.88. The average Bonchev–Trinajstić information content (AvgIpc) is 3.03. The first-order valence-corrected chi connectivity index (χ1v) is 9.49. The summed E-state index contributed by atoms with van der Waals surface area (Å²) in [7, 11) is 1.99. The van der Waals surface area contributed by atoms with Crippen molar-refractivity contribution in [1.29, 1.82) is 0 Å². The number of benzene rings is 1. The summed E-state index contributed by atoms with van der Waals surface area (Å²) >= 11 is 0.